The van der Waals surface area contributed by atoms with Crippen LogP contribution in [0.5, 0.6) is 0 Å². The molecule has 49 heavy (non-hydrogen) atoms. The fourth-order valence-corrected chi connectivity index (χ4v) is 8.73. The van der Waals surface area contributed by atoms with Gasteiger partial charge in [-0.1, -0.05) is 101 Å². The van der Waals surface area contributed by atoms with Gasteiger partial charge in [0.05, 0.1) is 11.1 Å². The van der Waals surface area contributed by atoms with Gasteiger partial charge in [-0.2, -0.15) is 0 Å². The van der Waals surface area contributed by atoms with Crippen LogP contribution < -0.4 is 4.90 Å². The van der Waals surface area contributed by atoms with Gasteiger partial charge in [-0.05, 0) is 95.0 Å². The molecule has 0 saturated heterocycles. The van der Waals surface area contributed by atoms with Crippen molar-refractivity contribution >= 4 is 60.9 Å². The van der Waals surface area contributed by atoms with Crippen molar-refractivity contribution in [3.63, 3.8) is 0 Å². The number of aryl methyl sites for hydroxylation is 2. The van der Waals surface area contributed by atoms with Crippen LogP contribution in [0.1, 0.15) is 68.9 Å². The standard InChI is InChI=1S/C46H39NO2/c1-45(2,3)29-18-21-30(22-19-29)47(31-20-17-27-11-10-12-28(27)25-31)37-26-36-42(44-40(37)34-14-7-9-16-39(34)49-44)41-35(46(36,4)5)24-23-33-32-13-6-8-15-38(32)48-43(33)41/h6-9,13-26H,10-12H2,1-5H3. The smallest absolute Gasteiger partial charge is 0.145 e. The Balaban J connectivity index is 1.32. The second-order valence-electron chi connectivity index (χ2n) is 15.6. The van der Waals surface area contributed by atoms with Gasteiger partial charge in [0.1, 0.15) is 22.3 Å². The van der Waals surface area contributed by atoms with Crippen LogP contribution in [0.25, 0.3) is 55.0 Å². The zero-order valence-electron chi connectivity index (χ0n) is 28.8. The normalized spacial score (nSPS) is 15.0. The molecule has 3 nitrogen and oxygen atoms in total. The summed E-state index contributed by atoms with van der Waals surface area (Å²) in [7, 11) is 0. The van der Waals surface area contributed by atoms with Crippen molar-refractivity contribution in [2.45, 2.75) is 64.7 Å². The molecule has 2 aliphatic rings. The quantitative estimate of drug-likeness (QED) is 0.193. The summed E-state index contributed by atoms with van der Waals surface area (Å²) in [4.78, 5) is 2.48. The van der Waals surface area contributed by atoms with Crippen LogP contribution >= 0.6 is 0 Å². The SMILES string of the molecule is CC(C)(C)c1ccc(N(c2ccc3c(c2)CCC3)c2cc3c(c4oc5ccccc5c24)-c2c(ccc4c2oc2ccccc24)C3(C)C)cc1. The van der Waals surface area contributed by atoms with Crippen molar-refractivity contribution in [3.8, 4) is 11.1 Å². The lowest BCUT2D eigenvalue weighted by atomic mass is 9.81. The minimum atomic E-state index is -0.278. The van der Waals surface area contributed by atoms with Gasteiger partial charge < -0.3 is 13.7 Å². The van der Waals surface area contributed by atoms with Gasteiger partial charge in [-0.25, -0.2) is 0 Å². The molecule has 0 bridgehead atoms. The Bertz CT molecular complexity index is 2640. The Morgan fingerprint density at radius 2 is 1.24 bits per heavy atom. The molecule has 2 heterocycles. The van der Waals surface area contributed by atoms with Gasteiger partial charge in [0.2, 0.25) is 0 Å². The fourth-order valence-electron chi connectivity index (χ4n) is 8.73. The van der Waals surface area contributed by atoms with Crippen molar-refractivity contribution < 1.29 is 8.83 Å². The Morgan fingerprint density at radius 3 is 2.02 bits per heavy atom. The van der Waals surface area contributed by atoms with Crippen LogP contribution in [0.2, 0.25) is 0 Å². The number of fused-ring (bicyclic) bond motifs is 12. The summed E-state index contributed by atoms with van der Waals surface area (Å²) in [5.41, 5.74) is 16.0. The first kappa shape index (κ1) is 28.7. The molecule has 6 aromatic carbocycles. The van der Waals surface area contributed by atoms with Gasteiger partial charge in [0.25, 0.3) is 0 Å². The van der Waals surface area contributed by atoms with E-state index in [2.05, 4.69) is 143 Å². The molecule has 2 aliphatic carbocycles. The number of nitrogens with zero attached hydrogens (tertiary/aromatic N) is 1. The van der Waals surface area contributed by atoms with Crippen molar-refractivity contribution in [1.82, 2.24) is 0 Å². The Morgan fingerprint density at radius 1 is 0.592 bits per heavy atom. The Labute approximate surface area is 286 Å². The van der Waals surface area contributed by atoms with Gasteiger partial charge in [0, 0.05) is 44.1 Å². The molecule has 10 rings (SSSR count). The molecule has 0 N–H and O–H groups in total. The van der Waals surface area contributed by atoms with E-state index < -0.39 is 0 Å². The predicted molar refractivity (Wildman–Crippen MR) is 204 cm³/mol. The Kier molecular flexibility index (Phi) is 5.79. The maximum atomic E-state index is 7.00. The van der Waals surface area contributed by atoms with Crippen LogP contribution in [0, 0.1) is 0 Å². The maximum absolute atomic E-state index is 7.00. The first-order chi connectivity index (χ1) is 23.7. The molecular formula is C46H39NO2. The summed E-state index contributed by atoms with van der Waals surface area (Å²) < 4.78 is 13.7. The second kappa shape index (κ2) is 9.89. The lowest BCUT2D eigenvalue weighted by Gasteiger charge is -2.30. The van der Waals surface area contributed by atoms with E-state index in [-0.39, 0.29) is 10.8 Å². The number of para-hydroxylation sites is 2. The van der Waals surface area contributed by atoms with Crippen LogP contribution in [0.4, 0.5) is 17.1 Å². The highest BCUT2D eigenvalue weighted by atomic mass is 16.3. The van der Waals surface area contributed by atoms with Crippen LogP contribution in [-0.2, 0) is 23.7 Å². The number of hydrogen-bond donors (Lipinski definition) is 0. The van der Waals surface area contributed by atoms with E-state index in [0.717, 1.165) is 79.2 Å². The van der Waals surface area contributed by atoms with E-state index in [1.165, 1.54) is 39.9 Å². The zero-order chi connectivity index (χ0) is 33.2. The molecule has 240 valence electrons. The van der Waals surface area contributed by atoms with E-state index in [0.29, 0.717) is 0 Å². The van der Waals surface area contributed by atoms with E-state index in [1.54, 1.807) is 0 Å². The molecular weight excluding hydrogens is 599 g/mol. The minimum Gasteiger partial charge on any atom is -0.455 e. The first-order valence-corrected chi connectivity index (χ1v) is 17.6. The van der Waals surface area contributed by atoms with E-state index in [9.17, 15) is 0 Å². The largest absolute Gasteiger partial charge is 0.455 e. The number of hydrogen-bond acceptors (Lipinski definition) is 3. The predicted octanol–water partition coefficient (Wildman–Crippen LogP) is 13.0. The monoisotopic (exact) mass is 637 g/mol. The molecule has 3 heteroatoms. The highest BCUT2D eigenvalue weighted by Gasteiger charge is 2.41. The summed E-state index contributed by atoms with van der Waals surface area (Å²) in [6.07, 6.45) is 3.51. The third-order valence-electron chi connectivity index (χ3n) is 11.3. The van der Waals surface area contributed by atoms with Crippen molar-refractivity contribution in [2.24, 2.45) is 0 Å². The molecule has 0 aliphatic heterocycles. The Hall–Kier alpha value is -5.28. The van der Waals surface area contributed by atoms with Crippen molar-refractivity contribution in [3.05, 3.63) is 137 Å². The molecule has 0 fully saturated rings. The molecule has 0 amide bonds. The first-order valence-electron chi connectivity index (χ1n) is 17.6. The maximum Gasteiger partial charge on any atom is 0.145 e. The summed E-state index contributed by atoms with van der Waals surface area (Å²) in [5, 5.41) is 4.54. The lowest BCUT2D eigenvalue weighted by Crippen LogP contribution is -2.17. The van der Waals surface area contributed by atoms with Gasteiger partial charge in [0.15, 0.2) is 0 Å². The van der Waals surface area contributed by atoms with Gasteiger partial charge in [-0.15, -0.1) is 0 Å². The highest BCUT2D eigenvalue weighted by Crippen LogP contribution is 2.58. The summed E-state index contributed by atoms with van der Waals surface area (Å²) >= 11 is 0. The zero-order valence-corrected chi connectivity index (χ0v) is 28.8. The molecule has 0 saturated carbocycles. The lowest BCUT2D eigenvalue weighted by molar-refractivity contribution is 0.590. The third kappa shape index (κ3) is 4.02. The molecule has 0 radical (unpaired) electrons. The van der Waals surface area contributed by atoms with E-state index >= 15 is 0 Å². The molecule has 0 atom stereocenters. The number of anilines is 3. The molecule has 2 aromatic heterocycles. The van der Waals surface area contributed by atoms with Gasteiger partial charge >= 0.3 is 0 Å². The van der Waals surface area contributed by atoms with Crippen molar-refractivity contribution in [2.75, 3.05) is 4.90 Å². The summed E-state index contributed by atoms with van der Waals surface area (Å²) in [6.45, 7) is 11.5. The van der Waals surface area contributed by atoms with E-state index in [4.69, 9.17) is 8.83 Å². The van der Waals surface area contributed by atoms with Crippen LogP contribution in [-0.4, -0.2) is 0 Å². The number of rotatable bonds is 3. The fraction of sp³-hybridized carbons (Fsp3) is 0.217. The average Bonchev–Trinajstić information content (AvgIpc) is 3.86. The number of furan rings is 2. The summed E-state index contributed by atoms with van der Waals surface area (Å²) in [6, 6.07) is 40.2. The van der Waals surface area contributed by atoms with Gasteiger partial charge in [-0.3, -0.25) is 0 Å². The minimum absolute atomic E-state index is 0.0658. The summed E-state index contributed by atoms with van der Waals surface area (Å²) in [5.74, 6) is 0. The third-order valence-corrected chi connectivity index (χ3v) is 11.3. The topological polar surface area (TPSA) is 29.5 Å². The molecule has 8 aromatic rings. The van der Waals surface area contributed by atoms with E-state index in [1.807, 2.05) is 6.07 Å². The molecule has 0 unspecified atom stereocenters. The average molecular weight is 638 g/mol. The van der Waals surface area contributed by atoms with Crippen molar-refractivity contribution in [1.29, 1.82) is 0 Å². The number of benzene rings is 6. The van der Waals surface area contributed by atoms with Crippen LogP contribution in [0.15, 0.2) is 118 Å². The van der Waals surface area contributed by atoms with Crippen LogP contribution in [0.3, 0.4) is 0 Å². The highest BCUT2D eigenvalue weighted by molar-refractivity contribution is 6.22. The second-order valence-corrected chi connectivity index (χ2v) is 15.6. The molecule has 0 spiro atoms.